The molecule has 2 aromatic rings. The molecule has 7 heteroatoms. The van der Waals surface area contributed by atoms with Gasteiger partial charge in [-0.15, -0.1) is 0 Å². The molecular formula is C14H18N4O3. The minimum Gasteiger partial charge on any atom is -0.434 e. The fourth-order valence-corrected chi connectivity index (χ4v) is 1.87. The normalized spacial score (nSPS) is 10.2. The van der Waals surface area contributed by atoms with Crippen LogP contribution in [0.5, 0.6) is 5.88 Å². The predicted molar refractivity (Wildman–Crippen MR) is 79.7 cm³/mol. The molecule has 0 aliphatic carbocycles. The number of hydrogen-bond donors (Lipinski definition) is 2. The Morgan fingerprint density at radius 2 is 2.14 bits per heavy atom. The molecule has 1 heterocycles. The zero-order valence-corrected chi connectivity index (χ0v) is 12.2. The van der Waals surface area contributed by atoms with Crippen molar-refractivity contribution in [3.63, 3.8) is 0 Å². The number of carbonyl (C=O) groups excluding carboxylic acids is 1. The molecule has 1 aromatic carbocycles. The minimum atomic E-state index is -0.774. The quantitative estimate of drug-likeness (QED) is 0.664. The van der Waals surface area contributed by atoms with E-state index in [9.17, 15) is 4.79 Å². The van der Waals surface area contributed by atoms with Gasteiger partial charge in [-0.25, -0.2) is 9.48 Å². The highest BCUT2D eigenvalue weighted by Gasteiger charge is 2.19. The molecule has 0 saturated heterocycles. The number of ether oxygens (including phenoxy) is 2. The number of hydrogen-bond acceptors (Lipinski definition) is 6. The second kappa shape index (κ2) is 6.17. The van der Waals surface area contributed by atoms with Crippen LogP contribution in [0.25, 0.3) is 0 Å². The molecular weight excluding hydrogens is 272 g/mol. The first kappa shape index (κ1) is 14.7. The van der Waals surface area contributed by atoms with Crippen molar-refractivity contribution in [2.75, 3.05) is 17.7 Å². The number of nitrogen functional groups attached to an aromatic ring is 1. The van der Waals surface area contributed by atoms with Crippen molar-refractivity contribution in [2.45, 2.75) is 13.8 Å². The van der Waals surface area contributed by atoms with Gasteiger partial charge in [0, 0.05) is 7.05 Å². The van der Waals surface area contributed by atoms with Crippen LogP contribution in [0.1, 0.15) is 12.6 Å². The van der Waals surface area contributed by atoms with Crippen LogP contribution >= 0.6 is 0 Å². The molecule has 0 atom stereocenters. The summed E-state index contributed by atoms with van der Waals surface area (Å²) in [6.07, 6.45) is -0.774. The van der Waals surface area contributed by atoms with E-state index < -0.39 is 6.16 Å². The first-order valence-corrected chi connectivity index (χ1v) is 6.52. The largest absolute Gasteiger partial charge is 0.515 e. The van der Waals surface area contributed by atoms with Gasteiger partial charge in [-0.3, -0.25) is 0 Å². The number of carbonyl (C=O) groups is 1. The summed E-state index contributed by atoms with van der Waals surface area (Å²) in [5.74, 6) is 0.272. The lowest BCUT2D eigenvalue weighted by molar-refractivity contribution is 0.101. The number of aromatic nitrogens is 2. The van der Waals surface area contributed by atoms with Crippen molar-refractivity contribution in [2.24, 2.45) is 7.05 Å². The lowest BCUT2D eigenvalue weighted by atomic mass is 10.2. The Labute approximate surface area is 122 Å². The van der Waals surface area contributed by atoms with E-state index in [-0.39, 0.29) is 12.5 Å². The van der Waals surface area contributed by atoms with E-state index in [1.165, 1.54) is 4.68 Å². The Bertz CT molecular complexity index is 652. The van der Waals surface area contributed by atoms with Crippen molar-refractivity contribution in [3.05, 3.63) is 30.0 Å². The number of para-hydroxylation sites is 2. The molecule has 0 saturated carbocycles. The molecule has 2 rings (SSSR count). The van der Waals surface area contributed by atoms with Crippen molar-refractivity contribution in [1.82, 2.24) is 9.78 Å². The Kier molecular flexibility index (Phi) is 4.32. The highest BCUT2D eigenvalue weighted by molar-refractivity contribution is 5.77. The second-order valence-corrected chi connectivity index (χ2v) is 4.39. The number of anilines is 3. The van der Waals surface area contributed by atoms with Gasteiger partial charge in [0.25, 0.3) is 0 Å². The monoisotopic (exact) mass is 290 g/mol. The molecule has 0 amide bonds. The maximum Gasteiger partial charge on any atom is 0.515 e. The average molecular weight is 290 g/mol. The molecule has 0 unspecified atom stereocenters. The van der Waals surface area contributed by atoms with Gasteiger partial charge in [-0.2, -0.15) is 5.10 Å². The van der Waals surface area contributed by atoms with E-state index in [4.69, 9.17) is 15.2 Å². The topological polar surface area (TPSA) is 91.4 Å². The van der Waals surface area contributed by atoms with E-state index in [1.54, 1.807) is 27.0 Å². The third-order valence-corrected chi connectivity index (χ3v) is 2.83. The molecule has 3 N–H and O–H groups in total. The molecule has 0 aliphatic heterocycles. The van der Waals surface area contributed by atoms with Crippen LogP contribution < -0.4 is 15.8 Å². The molecule has 0 bridgehead atoms. The minimum absolute atomic E-state index is 0.240. The van der Waals surface area contributed by atoms with Crippen LogP contribution in [0.2, 0.25) is 0 Å². The third kappa shape index (κ3) is 3.25. The Hall–Kier alpha value is -2.70. The van der Waals surface area contributed by atoms with Gasteiger partial charge in [-0.05, 0) is 26.0 Å². The lowest BCUT2D eigenvalue weighted by Crippen LogP contribution is -2.13. The van der Waals surface area contributed by atoms with Gasteiger partial charge in [0.2, 0.25) is 5.88 Å². The zero-order valence-electron chi connectivity index (χ0n) is 12.2. The summed E-state index contributed by atoms with van der Waals surface area (Å²) in [6.45, 7) is 3.75. The van der Waals surface area contributed by atoms with Crippen LogP contribution in [0, 0.1) is 6.92 Å². The molecule has 21 heavy (non-hydrogen) atoms. The second-order valence-electron chi connectivity index (χ2n) is 4.39. The third-order valence-electron chi connectivity index (χ3n) is 2.83. The summed E-state index contributed by atoms with van der Waals surface area (Å²) < 4.78 is 11.4. The van der Waals surface area contributed by atoms with E-state index in [2.05, 4.69) is 10.4 Å². The summed E-state index contributed by atoms with van der Waals surface area (Å²) in [6, 6.07) is 7.30. The summed E-state index contributed by atoms with van der Waals surface area (Å²) in [4.78, 5) is 11.5. The van der Waals surface area contributed by atoms with Gasteiger partial charge in [0.1, 0.15) is 5.69 Å². The van der Waals surface area contributed by atoms with Gasteiger partial charge in [0.15, 0.2) is 0 Å². The van der Waals surface area contributed by atoms with Crippen molar-refractivity contribution in [3.8, 4) is 5.88 Å². The van der Waals surface area contributed by atoms with E-state index >= 15 is 0 Å². The number of nitrogens with one attached hydrogen (secondary N) is 1. The first-order valence-electron chi connectivity index (χ1n) is 6.52. The molecule has 0 radical (unpaired) electrons. The summed E-state index contributed by atoms with van der Waals surface area (Å²) in [5.41, 5.74) is 8.45. The number of benzene rings is 1. The molecule has 7 nitrogen and oxygen atoms in total. The average Bonchev–Trinajstić information content (AvgIpc) is 2.68. The Morgan fingerprint density at radius 1 is 1.43 bits per heavy atom. The number of rotatable bonds is 4. The fourth-order valence-electron chi connectivity index (χ4n) is 1.87. The van der Waals surface area contributed by atoms with E-state index in [1.807, 2.05) is 18.2 Å². The Balaban J connectivity index is 2.31. The zero-order chi connectivity index (χ0) is 15.4. The van der Waals surface area contributed by atoms with Crippen molar-refractivity contribution in [1.29, 1.82) is 0 Å². The van der Waals surface area contributed by atoms with E-state index in [0.717, 1.165) is 0 Å². The van der Waals surface area contributed by atoms with Gasteiger partial charge >= 0.3 is 6.16 Å². The van der Waals surface area contributed by atoms with Gasteiger partial charge in [0.05, 0.1) is 23.7 Å². The standard InChI is InChI=1S/C14H18N4O3/c1-4-20-14(19)21-13-12(9(2)17-18(13)3)16-11-8-6-5-7-10(11)15/h5-8,16H,4,15H2,1-3H3. The molecule has 112 valence electrons. The molecule has 0 aliphatic rings. The highest BCUT2D eigenvalue weighted by atomic mass is 16.7. The van der Waals surface area contributed by atoms with Crippen LogP contribution in [-0.2, 0) is 11.8 Å². The van der Waals surface area contributed by atoms with Crippen molar-refractivity contribution < 1.29 is 14.3 Å². The molecule has 0 spiro atoms. The van der Waals surface area contributed by atoms with Gasteiger partial charge < -0.3 is 20.5 Å². The van der Waals surface area contributed by atoms with Crippen LogP contribution in [0.4, 0.5) is 21.9 Å². The smallest absolute Gasteiger partial charge is 0.434 e. The Morgan fingerprint density at radius 3 is 2.81 bits per heavy atom. The van der Waals surface area contributed by atoms with Crippen LogP contribution in [0.3, 0.4) is 0 Å². The van der Waals surface area contributed by atoms with Crippen molar-refractivity contribution >= 4 is 23.2 Å². The predicted octanol–water partition coefficient (Wildman–Crippen LogP) is 2.59. The molecule has 1 aromatic heterocycles. The summed E-state index contributed by atoms with van der Waals surface area (Å²) >= 11 is 0. The lowest BCUT2D eigenvalue weighted by Gasteiger charge is -2.11. The summed E-state index contributed by atoms with van der Waals surface area (Å²) in [7, 11) is 1.68. The maximum atomic E-state index is 11.5. The number of aryl methyl sites for hydroxylation is 2. The van der Waals surface area contributed by atoms with Crippen LogP contribution in [0.15, 0.2) is 24.3 Å². The summed E-state index contributed by atoms with van der Waals surface area (Å²) in [5, 5.41) is 7.37. The van der Waals surface area contributed by atoms with Gasteiger partial charge in [-0.1, -0.05) is 12.1 Å². The van der Waals surface area contributed by atoms with Crippen LogP contribution in [-0.4, -0.2) is 22.5 Å². The maximum absolute atomic E-state index is 11.5. The number of nitrogens with zero attached hydrogens (tertiary/aromatic N) is 2. The van der Waals surface area contributed by atoms with E-state index in [0.29, 0.717) is 22.8 Å². The first-order chi connectivity index (χ1) is 10.0. The number of nitrogens with two attached hydrogens (primary N) is 1. The molecule has 0 fully saturated rings. The SMILES string of the molecule is CCOC(=O)Oc1c(Nc2ccccc2N)c(C)nn1C. The highest BCUT2D eigenvalue weighted by Crippen LogP contribution is 2.32. The fraction of sp³-hybridized carbons (Fsp3) is 0.286.